The average molecular weight is 443 g/mol. The molecule has 4 amide bonds. The van der Waals surface area contributed by atoms with Gasteiger partial charge >= 0.3 is 12.2 Å². The van der Waals surface area contributed by atoms with E-state index in [0.29, 0.717) is 10.3 Å². The average Bonchev–Trinajstić information content (AvgIpc) is 3.38. The van der Waals surface area contributed by atoms with Crippen LogP contribution in [-0.4, -0.2) is 71.3 Å². The Bertz CT molecular complexity index is 633. The standard InChI is InChI=1S/C17H26N4O6S.C2H4/c1-10(8-26-17(25)27-21-13(22)5-6-14(21)23)18-7-3-2-4-12-15-11(9-28-12)19-16(24)20-15;1-2/h10-12,15,18H,2-9H2,1H3,(H2,19,20,24);1-2H2. The van der Waals surface area contributed by atoms with Crippen LogP contribution in [0.3, 0.4) is 0 Å². The summed E-state index contributed by atoms with van der Waals surface area (Å²) >= 11 is 1.90. The minimum atomic E-state index is -1.06. The number of imide groups is 1. The molecule has 0 aromatic carbocycles. The summed E-state index contributed by atoms with van der Waals surface area (Å²) in [6.07, 6.45) is 2.10. The molecular formula is C19H30N4O6S. The first-order valence-corrected chi connectivity index (χ1v) is 11.1. The molecule has 10 nitrogen and oxygen atoms in total. The Morgan fingerprint density at radius 2 is 1.93 bits per heavy atom. The molecule has 0 saturated carbocycles. The molecule has 3 N–H and O–H groups in total. The van der Waals surface area contributed by atoms with Crippen molar-refractivity contribution in [1.29, 1.82) is 0 Å². The van der Waals surface area contributed by atoms with Crippen molar-refractivity contribution in [2.75, 3.05) is 18.9 Å². The zero-order valence-corrected chi connectivity index (χ0v) is 18.0. The zero-order chi connectivity index (χ0) is 22.1. The number of hydrogen-bond donors (Lipinski definition) is 3. The second-order valence-corrected chi connectivity index (χ2v) is 8.48. The minimum absolute atomic E-state index is 0.0493. The van der Waals surface area contributed by atoms with E-state index in [-0.39, 0.29) is 43.6 Å². The molecule has 3 saturated heterocycles. The third-order valence-corrected chi connectivity index (χ3v) is 6.48. The number of carbonyl (C=O) groups excluding carboxylic acids is 4. The molecule has 0 aliphatic carbocycles. The van der Waals surface area contributed by atoms with E-state index < -0.39 is 18.0 Å². The van der Waals surface area contributed by atoms with Gasteiger partial charge in [-0.25, -0.2) is 9.59 Å². The third-order valence-electron chi connectivity index (χ3n) is 4.97. The number of urea groups is 1. The molecule has 3 aliphatic heterocycles. The van der Waals surface area contributed by atoms with Gasteiger partial charge in [0, 0.05) is 29.9 Å². The molecule has 30 heavy (non-hydrogen) atoms. The van der Waals surface area contributed by atoms with Gasteiger partial charge in [0.2, 0.25) is 0 Å². The van der Waals surface area contributed by atoms with E-state index in [1.54, 1.807) is 0 Å². The van der Waals surface area contributed by atoms with E-state index in [4.69, 9.17) is 4.74 Å². The van der Waals surface area contributed by atoms with Gasteiger partial charge in [0.15, 0.2) is 0 Å². The number of rotatable bonds is 9. The predicted octanol–water partition coefficient (Wildman–Crippen LogP) is 1.32. The minimum Gasteiger partial charge on any atom is -0.431 e. The fraction of sp³-hybridized carbons (Fsp3) is 0.684. The number of fused-ring (bicyclic) bond motifs is 1. The molecule has 3 heterocycles. The fourth-order valence-electron chi connectivity index (χ4n) is 3.47. The summed E-state index contributed by atoms with van der Waals surface area (Å²) in [6, 6.07) is 0.343. The Morgan fingerprint density at radius 1 is 1.23 bits per heavy atom. The van der Waals surface area contributed by atoms with Gasteiger partial charge in [-0.05, 0) is 26.3 Å². The molecule has 11 heteroatoms. The number of nitrogens with one attached hydrogen (secondary N) is 3. The summed E-state index contributed by atoms with van der Waals surface area (Å²) in [5.74, 6) is -0.105. The number of hydrogen-bond acceptors (Lipinski definition) is 8. The summed E-state index contributed by atoms with van der Waals surface area (Å²) in [5, 5.41) is 10.1. The molecule has 0 radical (unpaired) electrons. The second-order valence-electron chi connectivity index (χ2n) is 7.21. The molecule has 0 aromatic rings. The molecule has 0 aromatic heterocycles. The molecule has 168 valence electrons. The van der Waals surface area contributed by atoms with E-state index in [1.165, 1.54) is 0 Å². The number of unbranched alkanes of at least 4 members (excludes halogenated alkanes) is 1. The normalized spacial score (nSPS) is 25.7. The van der Waals surface area contributed by atoms with Gasteiger partial charge in [0.1, 0.15) is 6.61 Å². The molecule has 0 spiro atoms. The van der Waals surface area contributed by atoms with Crippen LogP contribution in [0.2, 0.25) is 0 Å². The van der Waals surface area contributed by atoms with Gasteiger partial charge in [-0.1, -0.05) is 11.5 Å². The van der Waals surface area contributed by atoms with Crippen LogP contribution in [0.25, 0.3) is 0 Å². The highest BCUT2D eigenvalue weighted by Gasteiger charge is 2.42. The first kappa shape index (κ1) is 24.0. The third kappa shape index (κ3) is 6.63. The largest absolute Gasteiger partial charge is 0.534 e. The Morgan fingerprint density at radius 3 is 2.63 bits per heavy atom. The highest BCUT2D eigenvalue weighted by atomic mass is 32.2. The van der Waals surface area contributed by atoms with Gasteiger partial charge in [0.05, 0.1) is 12.1 Å². The highest BCUT2D eigenvalue weighted by molar-refractivity contribution is 8.00. The number of ether oxygens (including phenoxy) is 1. The maximum atomic E-state index is 11.6. The van der Waals surface area contributed by atoms with Crippen LogP contribution in [0, 0.1) is 0 Å². The van der Waals surface area contributed by atoms with Crippen molar-refractivity contribution in [1.82, 2.24) is 21.0 Å². The molecule has 4 unspecified atom stereocenters. The van der Waals surface area contributed by atoms with Crippen molar-refractivity contribution < 1.29 is 28.8 Å². The quantitative estimate of drug-likeness (QED) is 0.160. The number of carbonyl (C=O) groups is 4. The van der Waals surface area contributed by atoms with Crippen molar-refractivity contribution >= 4 is 35.8 Å². The summed E-state index contributed by atoms with van der Waals surface area (Å²) in [4.78, 5) is 50.3. The molecular weight excluding hydrogens is 412 g/mol. The smallest absolute Gasteiger partial charge is 0.431 e. The lowest BCUT2D eigenvalue weighted by molar-refractivity contribution is -0.177. The maximum Gasteiger partial charge on any atom is 0.534 e. The lowest BCUT2D eigenvalue weighted by Gasteiger charge is -2.17. The van der Waals surface area contributed by atoms with Gasteiger partial charge < -0.3 is 20.7 Å². The van der Waals surface area contributed by atoms with Crippen LogP contribution in [0.5, 0.6) is 0 Å². The fourth-order valence-corrected chi connectivity index (χ4v) is 5.02. The summed E-state index contributed by atoms with van der Waals surface area (Å²) in [6.45, 7) is 8.73. The van der Waals surface area contributed by atoms with E-state index in [9.17, 15) is 19.2 Å². The van der Waals surface area contributed by atoms with Crippen LogP contribution in [-0.2, 0) is 19.2 Å². The number of amides is 4. The van der Waals surface area contributed by atoms with Gasteiger partial charge in [-0.15, -0.1) is 13.2 Å². The summed E-state index contributed by atoms with van der Waals surface area (Å²) in [7, 11) is 0. The lowest BCUT2D eigenvalue weighted by atomic mass is 10.0. The van der Waals surface area contributed by atoms with E-state index >= 15 is 0 Å². The van der Waals surface area contributed by atoms with Crippen LogP contribution in [0.4, 0.5) is 9.59 Å². The van der Waals surface area contributed by atoms with Crippen molar-refractivity contribution in [2.24, 2.45) is 0 Å². The number of nitrogens with zero attached hydrogens (tertiary/aromatic N) is 1. The Labute approximate surface area is 180 Å². The first-order valence-electron chi connectivity index (χ1n) is 10.1. The van der Waals surface area contributed by atoms with Crippen LogP contribution < -0.4 is 16.0 Å². The van der Waals surface area contributed by atoms with E-state index in [2.05, 4.69) is 33.9 Å². The Hall–Kier alpha value is -2.27. The molecule has 0 bridgehead atoms. The van der Waals surface area contributed by atoms with Crippen molar-refractivity contribution in [3.8, 4) is 0 Å². The predicted molar refractivity (Wildman–Crippen MR) is 112 cm³/mol. The highest BCUT2D eigenvalue weighted by Crippen LogP contribution is 2.32. The maximum absolute atomic E-state index is 11.6. The monoisotopic (exact) mass is 442 g/mol. The van der Waals surface area contributed by atoms with E-state index in [0.717, 1.165) is 31.6 Å². The van der Waals surface area contributed by atoms with Crippen LogP contribution >= 0.6 is 11.8 Å². The van der Waals surface area contributed by atoms with Gasteiger partial charge in [0.25, 0.3) is 11.8 Å². The second kappa shape index (κ2) is 11.8. The van der Waals surface area contributed by atoms with Crippen LogP contribution in [0.15, 0.2) is 13.2 Å². The Kier molecular flexibility index (Phi) is 9.44. The first-order chi connectivity index (χ1) is 14.4. The zero-order valence-electron chi connectivity index (χ0n) is 17.2. The van der Waals surface area contributed by atoms with Gasteiger partial charge in [-0.3, -0.25) is 14.4 Å². The van der Waals surface area contributed by atoms with Crippen molar-refractivity contribution in [2.45, 2.75) is 62.4 Å². The Balaban J connectivity index is 0.00000155. The molecule has 3 fully saturated rings. The van der Waals surface area contributed by atoms with Gasteiger partial charge in [-0.2, -0.15) is 11.8 Å². The SMILES string of the molecule is C=C.CC(COC(=O)ON1C(=O)CCC1=O)NCCCCC1SCC2NC(=O)NC21. The summed E-state index contributed by atoms with van der Waals surface area (Å²) < 4.78 is 4.94. The van der Waals surface area contributed by atoms with Crippen molar-refractivity contribution in [3.63, 3.8) is 0 Å². The van der Waals surface area contributed by atoms with E-state index in [1.807, 2.05) is 18.7 Å². The molecule has 4 atom stereocenters. The molecule has 3 aliphatic rings. The summed E-state index contributed by atoms with van der Waals surface area (Å²) in [5.41, 5.74) is 0. The topological polar surface area (TPSA) is 126 Å². The number of hydroxylamine groups is 2. The van der Waals surface area contributed by atoms with Crippen LogP contribution in [0.1, 0.15) is 39.0 Å². The lowest BCUT2D eigenvalue weighted by Crippen LogP contribution is -2.37. The molecule has 3 rings (SSSR count). The van der Waals surface area contributed by atoms with Crippen molar-refractivity contribution in [3.05, 3.63) is 13.2 Å². The number of thioether (sulfide) groups is 1.